The number of thiophene rings is 1. The lowest BCUT2D eigenvalue weighted by Gasteiger charge is -2.14. The van der Waals surface area contributed by atoms with E-state index in [2.05, 4.69) is 31.8 Å². The zero-order chi connectivity index (χ0) is 24.7. The predicted octanol–water partition coefficient (Wildman–Crippen LogP) is 1.55. The molecule has 15 heteroatoms. The van der Waals surface area contributed by atoms with E-state index in [4.69, 9.17) is 23.2 Å². The highest BCUT2D eigenvalue weighted by Gasteiger charge is 2.25. The first kappa shape index (κ1) is 26.3. The van der Waals surface area contributed by atoms with Crippen LogP contribution in [0, 0.1) is 0 Å². The van der Waals surface area contributed by atoms with Crippen LogP contribution >= 0.6 is 46.3 Å². The maximum absolute atomic E-state index is 12.0. The highest BCUT2D eigenvalue weighted by Crippen LogP contribution is 2.39. The number of hydrogen-bond donors (Lipinski definition) is 4. The van der Waals surface area contributed by atoms with Gasteiger partial charge in [0.2, 0.25) is 22.9 Å². The van der Waals surface area contributed by atoms with Crippen LogP contribution in [0.1, 0.15) is 41.6 Å². The predicted molar refractivity (Wildman–Crippen MR) is 131 cm³/mol. The van der Waals surface area contributed by atoms with E-state index in [-0.39, 0.29) is 29.3 Å². The molecule has 1 aliphatic rings. The molecule has 0 saturated heterocycles. The number of rotatable bonds is 9. The lowest BCUT2D eigenvalue weighted by atomic mass is 9.94. The van der Waals surface area contributed by atoms with Crippen molar-refractivity contribution in [3.05, 3.63) is 21.8 Å². The molecule has 0 aromatic carbocycles. The van der Waals surface area contributed by atoms with Crippen LogP contribution in [-0.4, -0.2) is 56.0 Å². The molecule has 34 heavy (non-hydrogen) atoms. The minimum absolute atomic E-state index is 0.0921. The van der Waals surface area contributed by atoms with E-state index in [1.807, 2.05) is 0 Å². The third-order valence-electron chi connectivity index (χ3n) is 4.75. The Morgan fingerprint density at radius 3 is 2.44 bits per heavy atom. The van der Waals surface area contributed by atoms with Gasteiger partial charge in [-0.15, -0.1) is 44.7 Å². The van der Waals surface area contributed by atoms with Gasteiger partial charge in [0.1, 0.15) is 11.8 Å². The Kier molecular flexibility index (Phi) is 9.56. The molecule has 0 aliphatic heterocycles. The normalized spacial score (nSPS) is 12.6. The van der Waals surface area contributed by atoms with Gasteiger partial charge in [-0.2, -0.15) is 0 Å². The van der Waals surface area contributed by atoms with Crippen molar-refractivity contribution >= 4 is 74.9 Å². The molecule has 4 amide bonds. The number of hydrogen-bond acceptors (Lipinski definition) is 8. The minimum Gasteiger partial charge on any atom is -0.316 e. The summed E-state index contributed by atoms with van der Waals surface area (Å²) >= 11 is 13.6. The quantitative estimate of drug-likeness (QED) is 0.211. The number of amides is 4. The summed E-state index contributed by atoms with van der Waals surface area (Å²) in [5.74, 6) is -1.75. The van der Waals surface area contributed by atoms with Gasteiger partial charge in [0.05, 0.1) is 10.8 Å². The first-order chi connectivity index (χ1) is 16.3. The highest BCUT2D eigenvalue weighted by atomic mass is 35.5. The molecule has 0 radical (unpaired) electrons. The van der Waals surface area contributed by atoms with Gasteiger partial charge < -0.3 is 5.32 Å². The van der Waals surface area contributed by atoms with Crippen molar-refractivity contribution in [1.29, 1.82) is 0 Å². The second-order valence-electron chi connectivity index (χ2n) is 7.30. The summed E-state index contributed by atoms with van der Waals surface area (Å²) < 4.78 is 1.43. The van der Waals surface area contributed by atoms with Crippen molar-refractivity contribution in [2.45, 2.75) is 44.2 Å². The van der Waals surface area contributed by atoms with Crippen LogP contribution in [0.4, 0.5) is 5.00 Å². The molecule has 1 aliphatic carbocycles. The number of anilines is 1. The van der Waals surface area contributed by atoms with Gasteiger partial charge in [0.15, 0.2) is 5.82 Å². The first-order valence-electron chi connectivity index (χ1n) is 10.3. The maximum Gasteiger partial charge on any atom is 0.253 e. The lowest BCUT2D eigenvalue weighted by molar-refractivity contribution is -0.126. The number of aryl methyl sites for hydroxylation is 1. The Morgan fingerprint density at radius 1 is 1.03 bits per heavy atom. The summed E-state index contributed by atoms with van der Waals surface area (Å²) in [6.45, 7) is 1.35. The zero-order valence-corrected chi connectivity index (χ0v) is 21.3. The van der Waals surface area contributed by atoms with E-state index in [1.54, 1.807) is 0 Å². The smallest absolute Gasteiger partial charge is 0.253 e. The summed E-state index contributed by atoms with van der Waals surface area (Å²) in [6.07, 6.45) is 4.29. The Hall–Kier alpha value is -2.35. The molecule has 0 saturated carbocycles. The van der Waals surface area contributed by atoms with E-state index < -0.39 is 11.8 Å². The van der Waals surface area contributed by atoms with Crippen LogP contribution in [0.25, 0.3) is 0 Å². The molecule has 0 fully saturated rings. The fourth-order valence-electron chi connectivity index (χ4n) is 3.35. The SMILES string of the molecule is CC(=O)Nn1c(Cc2c(NC(=O)CCl)sc3c2CCCC3)nnc1SCC(=O)NNC(=O)CCl. The standard InChI is InChI=1S/C19H23Cl2N7O4S2/c1-10(29)27-28-14(23-26-19(28)33-9-17(32)25-24-16(31)8-21)6-12-11-4-2-3-5-13(11)34-18(12)22-15(30)7-20/h2-9H2,1H3,(H,22,30)(H,24,31)(H,25,32)(H,27,29). The number of aromatic nitrogens is 3. The molecule has 0 spiro atoms. The topological polar surface area (TPSA) is 147 Å². The number of hydrazine groups is 1. The minimum atomic E-state index is -0.542. The Balaban J connectivity index is 1.82. The monoisotopic (exact) mass is 547 g/mol. The van der Waals surface area contributed by atoms with Gasteiger partial charge in [0, 0.05) is 18.2 Å². The molecule has 184 valence electrons. The zero-order valence-electron chi connectivity index (χ0n) is 18.2. The molecule has 3 rings (SSSR count). The van der Waals surface area contributed by atoms with E-state index in [0.717, 1.165) is 48.0 Å². The third kappa shape index (κ3) is 6.84. The summed E-state index contributed by atoms with van der Waals surface area (Å²) in [4.78, 5) is 48.2. The molecular formula is C19H23Cl2N7O4S2. The van der Waals surface area contributed by atoms with Crippen molar-refractivity contribution in [2.24, 2.45) is 0 Å². The summed E-state index contributed by atoms with van der Waals surface area (Å²) in [6, 6.07) is 0. The molecule has 2 heterocycles. The third-order valence-corrected chi connectivity index (χ3v) is 7.42. The molecule has 0 bridgehead atoms. The van der Waals surface area contributed by atoms with Crippen LogP contribution in [0.2, 0.25) is 0 Å². The van der Waals surface area contributed by atoms with Crippen LogP contribution in [0.3, 0.4) is 0 Å². The molecule has 4 N–H and O–H groups in total. The highest BCUT2D eigenvalue weighted by molar-refractivity contribution is 7.99. The van der Waals surface area contributed by atoms with Crippen molar-refractivity contribution in [1.82, 2.24) is 25.7 Å². The largest absolute Gasteiger partial charge is 0.316 e. The second-order valence-corrected chi connectivity index (χ2v) is 9.88. The molecule has 0 unspecified atom stereocenters. The van der Waals surface area contributed by atoms with E-state index in [9.17, 15) is 19.2 Å². The van der Waals surface area contributed by atoms with Gasteiger partial charge in [-0.1, -0.05) is 11.8 Å². The number of fused-ring (bicyclic) bond motifs is 1. The van der Waals surface area contributed by atoms with Crippen LogP contribution in [0.15, 0.2) is 5.16 Å². The van der Waals surface area contributed by atoms with Gasteiger partial charge in [-0.05, 0) is 36.8 Å². The van der Waals surface area contributed by atoms with Crippen molar-refractivity contribution in [3.63, 3.8) is 0 Å². The number of alkyl halides is 2. The fraction of sp³-hybridized carbons (Fsp3) is 0.474. The Morgan fingerprint density at radius 2 is 1.74 bits per heavy atom. The lowest BCUT2D eigenvalue weighted by Crippen LogP contribution is -2.43. The number of thioether (sulfide) groups is 1. The van der Waals surface area contributed by atoms with Crippen LogP contribution < -0.4 is 21.6 Å². The Labute approximate surface area is 213 Å². The fourth-order valence-corrected chi connectivity index (χ4v) is 5.52. The number of nitrogens with zero attached hydrogens (tertiary/aromatic N) is 3. The van der Waals surface area contributed by atoms with Crippen molar-refractivity contribution in [3.8, 4) is 0 Å². The van der Waals surface area contributed by atoms with Crippen LogP contribution in [0.5, 0.6) is 0 Å². The van der Waals surface area contributed by atoms with Gasteiger partial charge >= 0.3 is 0 Å². The number of carbonyl (C=O) groups excluding carboxylic acids is 4. The molecule has 11 nitrogen and oxygen atoms in total. The molecule has 0 atom stereocenters. The molecule has 2 aromatic heterocycles. The number of halogens is 2. The summed E-state index contributed by atoms with van der Waals surface area (Å²) in [7, 11) is 0. The van der Waals surface area contributed by atoms with Crippen LogP contribution in [-0.2, 0) is 38.4 Å². The molecular weight excluding hydrogens is 525 g/mol. The van der Waals surface area contributed by atoms with Crippen molar-refractivity contribution < 1.29 is 19.2 Å². The average molecular weight is 548 g/mol. The van der Waals surface area contributed by atoms with E-state index >= 15 is 0 Å². The van der Waals surface area contributed by atoms with E-state index in [0.29, 0.717) is 17.4 Å². The van der Waals surface area contributed by atoms with Gasteiger partial charge in [-0.25, -0.2) is 4.68 Å². The van der Waals surface area contributed by atoms with Crippen molar-refractivity contribution in [2.75, 3.05) is 28.3 Å². The Bertz CT molecular complexity index is 1090. The van der Waals surface area contributed by atoms with E-state index in [1.165, 1.54) is 33.4 Å². The summed E-state index contributed by atoms with van der Waals surface area (Å²) in [5, 5.41) is 12.2. The average Bonchev–Trinajstić information content (AvgIpc) is 3.36. The number of nitrogens with one attached hydrogen (secondary N) is 4. The second kappa shape index (κ2) is 12.4. The molecule has 2 aromatic rings. The summed E-state index contributed by atoms with van der Waals surface area (Å²) in [5.41, 5.74) is 9.19. The maximum atomic E-state index is 12.0. The van der Waals surface area contributed by atoms with Gasteiger partial charge in [0.25, 0.3) is 5.91 Å². The first-order valence-corrected chi connectivity index (χ1v) is 13.2. The van der Waals surface area contributed by atoms with Gasteiger partial charge in [-0.3, -0.25) is 35.5 Å². The number of carbonyl (C=O) groups is 4.